The first-order chi connectivity index (χ1) is 17.1. The second-order valence-corrected chi connectivity index (χ2v) is 12.3. The molecule has 4 heterocycles. The molecular weight excluding hydrogens is 484 g/mol. The number of nitrogens with one attached hydrogen (secondary N) is 1. The molecule has 0 spiro atoms. The number of aromatic nitrogens is 1. The molecule has 0 aliphatic carbocycles. The molecule has 0 saturated carbocycles. The summed E-state index contributed by atoms with van der Waals surface area (Å²) in [5.74, 6) is 11.4. The monoisotopic (exact) mass is 516 g/mol. The number of nitrogens with zero attached hydrogens (tertiary/aromatic N) is 3. The Morgan fingerprint density at radius 3 is 2.72 bits per heavy atom. The largest absolute Gasteiger partial charge is 0.350 e. The Balaban J connectivity index is 1.34. The second-order valence-electron chi connectivity index (χ2n) is 9.83. The van der Waals surface area contributed by atoms with Crippen LogP contribution in [0.4, 0.5) is 4.79 Å². The van der Waals surface area contributed by atoms with Gasteiger partial charge in [0.1, 0.15) is 0 Å². The molecule has 36 heavy (non-hydrogen) atoms. The number of hydroxylamine groups is 1. The fourth-order valence-corrected chi connectivity index (χ4v) is 5.19. The van der Waals surface area contributed by atoms with Gasteiger partial charge in [-0.2, -0.15) is 0 Å². The third-order valence-electron chi connectivity index (χ3n) is 6.92. The highest BCUT2D eigenvalue weighted by atomic mass is 32.2. The maximum absolute atomic E-state index is 12.9. The Bertz CT molecular complexity index is 1240. The van der Waals surface area contributed by atoms with Crippen molar-refractivity contribution in [2.75, 3.05) is 39.5 Å². The van der Waals surface area contributed by atoms with Gasteiger partial charge < -0.3 is 14.5 Å². The predicted octanol–water partition coefficient (Wildman–Crippen LogP) is 0.956. The van der Waals surface area contributed by atoms with Crippen LogP contribution >= 0.6 is 0 Å². The van der Waals surface area contributed by atoms with Crippen LogP contribution in [-0.2, 0) is 30.8 Å². The first-order valence-electron chi connectivity index (χ1n) is 12.0. The molecule has 1 aromatic heterocycles. The van der Waals surface area contributed by atoms with Gasteiger partial charge in [-0.3, -0.25) is 9.36 Å². The molecule has 0 aromatic carbocycles. The van der Waals surface area contributed by atoms with Crippen LogP contribution in [0.1, 0.15) is 43.9 Å². The fourth-order valence-electron chi connectivity index (χ4n) is 4.35. The highest BCUT2D eigenvalue weighted by Gasteiger charge is 2.45. The molecule has 11 heteroatoms. The smallest absolute Gasteiger partial charge is 0.328 e. The number of hydrogen-bond donors (Lipinski definition) is 1. The Hall–Kier alpha value is -2.83. The Morgan fingerprint density at radius 1 is 1.31 bits per heavy atom. The van der Waals surface area contributed by atoms with Crippen molar-refractivity contribution in [3.05, 3.63) is 23.5 Å². The van der Waals surface area contributed by atoms with Gasteiger partial charge in [-0.05, 0) is 51.1 Å². The first-order valence-corrected chi connectivity index (χ1v) is 13.9. The summed E-state index contributed by atoms with van der Waals surface area (Å²) in [4.78, 5) is 34.7. The highest BCUT2D eigenvalue weighted by molar-refractivity contribution is 7.92. The van der Waals surface area contributed by atoms with E-state index in [4.69, 9.17) is 9.57 Å². The number of amides is 2. The molecule has 0 radical (unpaired) electrons. The molecule has 2 fully saturated rings. The summed E-state index contributed by atoms with van der Waals surface area (Å²) < 4.78 is 30.3. The number of likely N-dealkylation sites (tertiary alicyclic amines) is 1. The van der Waals surface area contributed by atoms with Gasteiger partial charge in [0.25, 0.3) is 5.91 Å². The molecule has 10 nitrogen and oxygen atoms in total. The van der Waals surface area contributed by atoms with Crippen LogP contribution < -0.4 is 5.48 Å². The van der Waals surface area contributed by atoms with E-state index < -0.39 is 26.8 Å². The summed E-state index contributed by atoms with van der Waals surface area (Å²) in [6, 6.07) is 1.54. The van der Waals surface area contributed by atoms with Crippen LogP contribution in [0, 0.1) is 29.6 Å². The van der Waals surface area contributed by atoms with Crippen LogP contribution in [0.5, 0.6) is 0 Å². The van der Waals surface area contributed by atoms with E-state index >= 15 is 0 Å². The summed E-state index contributed by atoms with van der Waals surface area (Å²) >= 11 is 0. The molecule has 3 aliphatic heterocycles. The molecule has 2 saturated heterocycles. The van der Waals surface area contributed by atoms with Gasteiger partial charge in [-0.1, -0.05) is 11.8 Å². The SMILES string of the molecule is CN1CC(C#CC#Cc2cc3n(c2)C(=O)N(CC[C@](C)(C(=O)NOC2CCCCO2)S(C)(=O)=O)C3)C1. The first kappa shape index (κ1) is 26.2. The predicted molar refractivity (Wildman–Crippen MR) is 132 cm³/mol. The fraction of sp³-hybridized carbons (Fsp3) is 0.600. The van der Waals surface area contributed by atoms with Gasteiger partial charge in [0, 0.05) is 62.3 Å². The summed E-state index contributed by atoms with van der Waals surface area (Å²) in [5, 5.41) is 0. The lowest BCUT2D eigenvalue weighted by Crippen LogP contribution is -2.52. The van der Waals surface area contributed by atoms with E-state index in [1.807, 2.05) is 13.1 Å². The zero-order valence-electron chi connectivity index (χ0n) is 20.9. The van der Waals surface area contributed by atoms with Crippen LogP contribution in [-0.4, -0.2) is 85.3 Å². The van der Waals surface area contributed by atoms with Crippen molar-refractivity contribution in [2.24, 2.45) is 5.92 Å². The van der Waals surface area contributed by atoms with E-state index in [-0.39, 0.29) is 19.0 Å². The summed E-state index contributed by atoms with van der Waals surface area (Å²) in [7, 11) is -1.77. The minimum atomic E-state index is -3.82. The van der Waals surface area contributed by atoms with Crippen molar-refractivity contribution in [1.29, 1.82) is 0 Å². The number of rotatable bonds is 7. The summed E-state index contributed by atoms with van der Waals surface area (Å²) in [6.07, 6.45) is 4.43. The van der Waals surface area contributed by atoms with E-state index in [1.54, 1.807) is 6.20 Å². The molecule has 3 aliphatic rings. The molecule has 2 atom stereocenters. The Labute approximate surface area is 212 Å². The lowest BCUT2D eigenvalue weighted by molar-refractivity contribution is -0.201. The normalized spacial score (nSPS) is 21.9. The molecule has 194 valence electrons. The van der Waals surface area contributed by atoms with Gasteiger partial charge >= 0.3 is 6.03 Å². The maximum Gasteiger partial charge on any atom is 0.328 e. The summed E-state index contributed by atoms with van der Waals surface area (Å²) in [5.41, 5.74) is 3.71. The number of fused-ring (bicyclic) bond motifs is 1. The number of sulfone groups is 1. The third-order valence-corrected chi connectivity index (χ3v) is 8.94. The zero-order valence-corrected chi connectivity index (χ0v) is 21.7. The van der Waals surface area contributed by atoms with Gasteiger partial charge in [0.05, 0.1) is 6.54 Å². The molecule has 4 rings (SSSR count). The van der Waals surface area contributed by atoms with Crippen molar-refractivity contribution in [2.45, 2.75) is 50.2 Å². The lowest BCUT2D eigenvalue weighted by Gasteiger charge is -2.32. The van der Waals surface area contributed by atoms with Crippen molar-refractivity contribution in [3.63, 3.8) is 0 Å². The average Bonchev–Trinajstić information content (AvgIpc) is 3.35. The summed E-state index contributed by atoms with van der Waals surface area (Å²) in [6.45, 7) is 4.18. The standard InChI is InChI=1S/C25H32N4O6S/c1-25(36(3,32)33,23(30)26-35-22-10-6-7-13-34-22)11-12-28-18-21-14-19(17-29(21)24(28)31)8-4-5-9-20-15-27(2)16-20/h14,17,20,22H,6-7,10-13,15-16,18H2,1-3H3,(H,26,30)/t22?,25-/m1/s1. The van der Waals surface area contributed by atoms with Crippen LogP contribution in [0.15, 0.2) is 12.3 Å². The van der Waals surface area contributed by atoms with Crippen molar-refractivity contribution in [3.8, 4) is 23.7 Å². The van der Waals surface area contributed by atoms with Crippen molar-refractivity contribution in [1.82, 2.24) is 19.8 Å². The minimum absolute atomic E-state index is 0.0816. The number of carbonyl (C=O) groups is 2. The topological polar surface area (TPSA) is 110 Å². The maximum atomic E-state index is 12.9. The number of hydrogen-bond acceptors (Lipinski definition) is 7. The lowest BCUT2D eigenvalue weighted by atomic mass is 10.0. The Morgan fingerprint density at radius 2 is 2.08 bits per heavy atom. The molecular formula is C25H32N4O6S. The van der Waals surface area contributed by atoms with E-state index in [9.17, 15) is 18.0 Å². The van der Waals surface area contributed by atoms with Crippen molar-refractivity contribution >= 4 is 21.8 Å². The Kier molecular flexibility index (Phi) is 7.76. The van der Waals surface area contributed by atoms with E-state index in [1.165, 1.54) is 16.4 Å². The molecule has 2 amide bonds. The van der Waals surface area contributed by atoms with E-state index in [0.717, 1.165) is 37.9 Å². The van der Waals surface area contributed by atoms with Crippen LogP contribution in [0.25, 0.3) is 0 Å². The van der Waals surface area contributed by atoms with E-state index in [2.05, 4.69) is 34.1 Å². The molecule has 0 bridgehead atoms. The molecule has 1 aromatic rings. The quantitative estimate of drug-likeness (QED) is 0.425. The van der Waals surface area contributed by atoms with Gasteiger partial charge in [0.2, 0.25) is 0 Å². The van der Waals surface area contributed by atoms with Crippen LogP contribution in [0.2, 0.25) is 0 Å². The average molecular weight is 517 g/mol. The number of ether oxygens (including phenoxy) is 1. The second kappa shape index (κ2) is 10.7. The number of carbonyl (C=O) groups excluding carboxylic acids is 2. The zero-order chi connectivity index (χ0) is 25.9. The molecule has 1 N–H and O–H groups in total. The van der Waals surface area contributed by atoms with Gasteiger partial charge in [-0.25, -0.2) is 23.5 Å². The minimum Gasteiger partial charge on any atom is -0.350 e. The molecule has 1 unspecified atom stereocenters. The van der Waals surface area contributed by atoms with Gasteiger partial charge in [0.15, 0.2) is 20.9 Å². The highest BCUT2D eigenvalue weighted by Crippen LogP contribution is 2.26. The van der Waals surface area contributed by atoms with E-state index in [0.29, 0.717) is 31.1 Å². The van der Waals surface area contributed by atoms with Crippen molar-refractivity contribution < 1.29 is 27.6 Å². The third kappa shape index (κ3) is 5.76. The van der Waals surface area contributed by atoms with Gasteiger partial charge in [-0.15, -0.1) is 0 Å². The van der Waals surface area contributed by atoms with Crippen LogP contribution in [0.3, 0.4) is 0 Å².